The zero-order chi connectivity index (χ0) is 12.5. The topological polar surface area (TPSA) is 71.0 Å². The van der Waals surface area contributed by atoms with Crippen molar-refractivity contribution >= 4 is 11.2 Å². The molecule has 2 heterocycles. The number of aromatic amines is 1. The minimum absolute atomic E-state index is 0.0329. The van der Waals surface area contributed by atoms with Gasteiger partial charge >= 0.3 is 0 Å². The number of aliphatic hydroxyl groups excluding tert-OH is 1. The van der Waals surface area contributed by atoms with Crippen molar-refractivity contribution in [2.24, 2.45) is 0 Å². The lowest BCUT2D eigenvalue weighted by Crippen LogP contribution is -2.23. The zero-order valence-corrected chi connectivity index (χ0v) is 10.3. The lowest BCUT2D eigenvalue weighted by atomic mass is 9.94. The van der Waals surface area contributed by atoms with E-state index in [9.17, 15) is 5.11 Å². The van der Waals surface area contributed by atoms with E-state index in [0.29, 0.717) is 18.1 Å². The van der Waals surface area contributed by atoms with Crippen LogP contribution >= 0.6 is 0 Å². The van der Waals surface area contributed by atoms with Gasteiger partial charge in [-0.2, -0.15) is 4.98 Å². The standard InChI is InChI=1S/C12H17N3O2/c1-4-17-9-6-5-8-10(14-9)15-11(13-8)12(2,3)7-16/h5-6,16H,4,7H2,1-3H3,(H,13,14,15). The SMILES string of the molecule is CCOc1ccc2[nH]c(C(C)(C)CO)nc2n1. The Balaban J connectivity index is 2.43. The Morgan fingerprint density at radius 1 is 1.35 bits per heavy atom. The van der Waals surface area contributed by atoms with Crippen LogP contribution < -0.4 is 4.74 Å². The maximum Gasteiger partial charge on any atom is 0.215 e. The van der Waals surface area contributed by atoms with E-state index in [-0.39, 0.29) is 6.61 Å². The number of ether oxygens (including phenoxy) is 1. The summed E-state index contributed by atoms with van der Waals surface area (Å²) in [6.07, 6.45) is 0. The minimum Gasteiger partial charge on any atom is -0.478 e. The molecule has 17 heavy (non-hydrogen) atoms. The Kier molecular flexibility index (Phi) is 3.02. The molecule has 5 nitrogen and oxygen atoms in total. The number of pyridine rings is 1. The van der Waals surface area contributed by atoms with E-state index in [2.05, 4.69) is 15.0 Å². The van der Waals surface area contributed by atoms with Crippen molar-refractivity contribution in [3.05, 3.63) is 18.0 Å². The van der Waals surface area contributed by atoms with Gasteiger partial charge in [-0.05, 0) is 13.0 Å². The van der Waals surface area contributed by atoms with Crippen LogP contribution in [0.1, 0.15) is 26.6 Å². The lowest BCUT2D eigenvalue weighted by molar-refractivity contribution is 0.212. The van der Waals surface area contributed by atoms with Gasteiger partial charge in [0, 0.05) is 11.5 Å². The summed E-state index contributed by atoms with van der Waals surface area (Å²) in [6, 6.07) is 3.69. The van der Waals surface area contributed by atoms with Crippen LogP contribution in [-0.4, -0.2) is 33.3 Å². The second kappa shape index (κ2) is 4.33. The van der Waals surface area contributed by atoms with E-state index in [1.165, 1.54) is 0 Å². The summed E-state index contributed by atoms with van der Waals surface area (Å²) in [6.45, 7) is 6.38. The molecule has 0 amide bonds. The molecule has 0 saturated carbocycles. The number of nitrogens with zero attached hydrogens (tertiary/aromatic N) is 2. The van der Waals surface area contributed by atoms with Crippen LogP contribution in [0.3, 0.4) is 0 Å². The van der Waals surface area contributed by atoms with Crippen molar-refractivity contribution in [2.45, 2.75) is 26.2 Å². The average molecular weight is 235 g/mol. The summed E-state index contributed by atoms with van der Waals surface area (Å²) < 4.78 is 5.32. The largest absolute Gasteiger partial charge is 0.478 e. The highest BCUT2D eigenvalue weighted by atomic mass is 16.5. The van der Waals surface area contributed by atoms with Crippen molar-refractivity contribution in [3.8, 4) is 5.88 Å². The Labute approximate surface area is 99.9 Å². The number of fused-ring (bicyclic) bond motifs is 1. The highest BCUT2D eigenvalue weighted by molar-refractivity contribution is 5.71. The van der Waals surface area contributed by atoms with Crippen molar-refractivity contribution < 1.29 is 9.84 Å². The van der Waals surface area contributed by atoms with Crippen LogP contribution in [0.15, 0.2) is 12.1 Å². The molecule has 0 saturated heterocycles. The second-order valence-electron chi connectivity index (χ2n) is 4.58. The number of aliphatic hydroxyl groups is 1. The van der Waals surface area contributed by atoms with Crippen LogP contribution in [0.4, 0.5) is 0 Å². The maximum absolute atomic E-state index is 9.31. The van der Waals surface area contributed by atoms with Crippen LogP contribution in [0.2, 0.25) is 0 Å². The monoisotopic (exact) mass is 235 g/mol. The van der Waals surface area contributed by atoms with E-state index in [1.54, 1.807) is 6.07 Å². The molecular formula is C12H17N3O2. The van der Waals surface area contributed by atoms with Crippen LogP contribution in [-0.2, 0) is 5.41 Å². The Bertz CT molecular complexity index is 519. The summed E-state index contributed by atoms with van der Waals surface area (Å²) in [7, 11) is 0. The average Bonchev–Trinajstić information content (AvgIpc) is 2.73. The first-order valence-corrected chi connectivity index (χ1v) is 5.67. The summed E-state index contributed by atoms with van der Waals surface area (Å²) in [5.74, 6) is 1.30. The molecule has 0 unspecified atom stereocenters. The van der Waals surface area contributed by atoms with Gasteiger partial charge in [0.15, 0.2) is 5.65 Å². The fraction of sp³-hybridized carbons (Fsp3) is 0.500. The minimum atomic E-state index is -0.396. The van der Waals surface area contributed by atoms with Crippen LogP contribution in [0.25, 0.3) is 11.2 Å². The lowest BCUT2D eigenvalue weighted by Gasteiger charge is -2.17. The normalized spacial score (nSPS) is 12.0. The van der Waals surface area contributed by atoms with Gasteiger partial charge in [0.25, 0.3) is 0 Å². The van der Waals surface area contributed by atoms with E-state index >= 15 is 0 Å². The fourth-order valence-corrected chi connectivity index (χ4v) is 1.50. The van der Waals surface area contributed by atoms with Gasteiger partial charge in [-0.15, -0.1) is 0 Å². The number of hydrogen-bond donors (Lipinski definition) is 2. The molecule has 0 spiro atoms. The Morgan fingerprint density at radius 2 is 2.12 bits per heavy atom. The second-order valence-corrected chi connectivity index (χ2v) is 4.58. The molecule has 0 aliphatic rings. The molecule has 0 aliphatic heterocycles. The third-order valence-corrected chi connectivity index (χ3v) is 2.65. The molecule has 0 radical (unpaired) electrons. The number of hydrogen-bond acceptors (Lipinski definition) is 4. The molecule has 0 bridgehead atoms. The van der Waals surface area contributed by atoms with Crippen molar-refractivity contribution in [2.75, 3.05) is 13.2 Å². The third-order valence-electron chi connectivity index (χ3n) is 2.65. The number of aromatic nitrogens is 3. The molecule has 0 fully saturated rings. The van der Waals surface area contributed by atoms with Gasteiger partial charge in [0.1, 0.15) is 5.82 Å². The quantitative estimate of drug-likeness (QED) is 0.844. The van der Waals surface area contributed by atoms with Crippen molar-refractivity contribution in [3.63, 3.8) is 0 Å². The first-order chi connectivity index (χ1) is 8.06. The molecule has 0 atom stereocenters. The Morgan fingerprint density at radius 3 is 2.76 bits per heavy atom. The summed E-state index contributed by atoms with van der Waals surface area (Å²) in [5, 5.41) is 9.31. The highest BCUT2D eigenvalue weighted by Gasteiger charge is 2.23. The molecule has 0 aliphatic carbocycles. The van der Waals surface area contributed by atoms with Crippen molar-refractivity contribution in [1.82, 2.24) is 15.0 Å². The number of imidazole rings is 1. The van der Waals surface area contributed by atoms with Gasteiger partial charge in [-0.25, -0.2) is 4.98 Å². The van der Waals surface area contributed by atoms with Gasteiger partial charge in [0.2, 0.25) is 5.88 Å². The predicted octanol–water partition coefficient (Wildman–Crippen LogP) is 1.63. The molecule has 92 valence electrons. The molecule has 0 aromatic carbocycles. The van der Waals surface area contributed by atoms with E-state index < -0.39 is 5.41 Å². The molecule has 2 aromatic heterocycles. The smallest absolute Gasteiger partial charge is 0.215 e. The van der Waals surface area contributed by atoms with Gasteiger partial charge in [-0.1, -0.05) is 13.8 Å². The van der Waals surface area contributed by atoms with Crippen molar-refractivity contribution in [1.29, 1.82) is 0 Å². The van der Waals surface area contributed by atoms with Gasteiger partial charge in [0.05, 0.1) is 18.7 Å². The highest BCUT2D eigenvalue weighted by Crippen LogP contribution is 2.23. The van der Waals surface area contributed by atoms with Crippen LogP contribution in [0.5, 0.6) is 5.88 Å². The van der Waals surface area contributed by atoms with E-state index in [1.807, 2.05) is 26.8 Å². The summed E-state index contributed by atoms with van der Waals surface area (Å²) in [4.78, 5) is 11.8. The maximum atomic E-state index is 9.31. The van der Waals surface area contributed by atoms with Gasteiger partial charge in [-0.3, -0.25) is 0 Å². The zero-order valence-electron chi connectivity index (χ0n) is 10.3. The Hall–Kier alpha value is -1.62. The van der Waals surface area contributed by atoms with Crippen LogP contribution in [0, 0.1) is 0 Å². The number of rotatable bonds is 4. The first kappa shape index (κ1) is 11.9. The molecule has 5 heteroatoms. The fourth-order valence-electron chi connectivity index (χ4n) is 1.50. The number of H-pyrrole nitrogens is 1. The van der Waals surface area contributed by atoms with E-state index in [0.717, 1.165) is 11.3 Å². The molecule has 2 rings (SSSR count). The molecular weight excluding hydrogens is 218 g/mol. The predicted molar refractivity (Wildman–Crippen MR) is 65.2 cm³/mol. The third kappa shape index (κ3) is 2.24. The molecule has 2 N–H and O–H groups in total. The summed E-state index contributed by atoms with van der Waals surface area (Å²) >= 11 is 0. The molecule has 2 aromatic rings. The summed E-state index contributed by atoms with van der Waals surface area (Å²) in [5.41, 5.74) is 1.07. The first-order valence-electron chi connectivity index (χ1n) is 5.67. The van der Waals surface area contributed by atoms with E-state index in [4.69, 9.17) is 4.74 Å². The number of nitrogens with one attached hydrogen (secondary N) is 1. The van der Waals surface area contributed by atoms with Gasteiger partial charge < -0.3 is 14.8 Å².